The number of benzene rings is 2. The molecule has 27 heavy (non-hydrogen) atoms. The second-order valence-corrected chi connectivity index (χ2v) is 7.79. The van der Waals surface area contributed by atoms with Crippen molar-refractivity contribution < 1.29 is 27.5 Å². The summed E-state index contributed by atoms with van der Waals surface area (Å²) in [6.07, 6.45) is 0. The highest BCUT2D eigenvalue weighted by Gasteiger charge is 2.18. The molecule has 0 aliphatic heterocycles. The van der Waals surface area contributed by atoms with Crippen molar-refractivity contribution in [1.29, 1.82) is 0 Å². The normalized spacial score (nSPS) is 11.1. The van der Waals surface area contributed by atoms with Gasteiger partial charge in [-0.05, 0) is 30.3 Å². The molecule has 0 atom stereocenters. The molecule has 0 heterocycles. The van der Waals surface area contributed by atoms with E-state index in [2.05, 4.69) is 10.1 Å². The number of anilines is 1. The highest BCUT2D eigenvalue weighted by molar-refractivity contribution is 7.89. The zero-order chi connectivity index (χ0) is 20.0. The third-order valence-electron chi connectivity index (χ3n) is 3.55. The first-order valence-electron chi connectivity index (χ1n) is 7.88. The Balaban J connectivity index is 2.07. The molecule has 9 heteroatoms. The molecule has 0 bridgehead atoms. The van der Waals surface area contributed by atoms with Crippen LogP contribution in [0.4, 0.5) is 5.69 Å². The molecule has 1 amide bonds. The fraction of sp³-hybridized carbons (Fsp3) is 0.222. The highest BCUT2D eigenvalue weighted by Crippen LogP contribution is 2.20. The smallest absolute Gasteiger partial charge is 0.341 e. The van der Waals surface area contributed by atoms with E-state index in [1.54, 1.807) is 24.3 Å². The van der Waals surface area contributed by atoms with Crippen molar-refractivity contribution in [2.24, 2.45) is 0 Å². The van der Waals surface area contributed by atoms with Crippen LogP contribution in [-0.2, 0) is 19.6 Å². The van der Waals surface area contributed by atoms with Crippen molar-refractivity contribution in [3.05, 3.63) is 54.1 Å². The van der Waals surface area contributed by atoms with E-state index in [0.717, 1.165) is 4.31 Å². The molecule has 2 aromatic rings. The first kappa shape index (κ1) is 20.4. The van der Waals surface area contributed by atoms with E-state index in [1.807, 2.05) is 0 Å². The van der Waals surface area contributed by atoms with Crippen LogP contribution in [0.1, 0.15) is 10.4 Å². The van der Waals surface area contributed by atoms with Gasteiger partial charge in [0.1, 0.15) is 11.3 Å². The number of carbonyl (C=O) groups is 2. The largest absolute Gasteiger partial charge is 0.483 e. The fourth-order valence-electron chi connectivity index (χ4n) is 2.16. The highest BCUT2D eigenvalue weighted by atomic mass is 32.2. The van der Waals surface area contributed by atoms with Crippen molar-refractivity contribution in [3.8, 4) is 5.75 Å². The van der Waals surface area contributed by atoms with Crippen LogP contribution >= 0.6 is 0 Å². The number of carbonyl (C=O) groups excluding carboxylic acids is 2. The number of amides is 1. The van der Waals surface area contributed by atoms with Gasteiger partial charge in [0.05, 0.1) is 12.0 Å². The van der Waals surface area contributed by atoms with Crippen molar-refractivity contribution in [2.45, 2.75) is 4.90 Å². The molecule has 2 rings (SSSR count). The summed E-state index contributed by atoms with van der Waals surface area (Å²) >= 11 is 0. The van der Waals surface area contributed by atoms with Gasteiger partial charge in [-0.2, -0.15) is 0 Å². The number of hydrogen-bond acceptors (Lipinski definition) is 6. The first-order valence-corrected chi connectivity index (χ1v) is 9.32. The van der Waals surface area contributed by atoms with Gasteiger partial charge in [0, 0.05) is 19.8 Å². The van der Waals surface area contributed by atoms with Gasteiger partial charge in [-0.3, -0.25) is 4.79 Å². The molecule has 8 nitrogen and oxygen atoms in total. The summed E-state index contributed by atoms with van der Waals surface area (Å²) in [5.41, 5.74) is 0.514. The summed E-state index contributed by atoms with van der Waals surface area (Å²) in [5, 5.41) is 2.56. The second-order valence-electron chi connectivity index (χ2n) is 5.64. The second kappa shape index (κ2) is 8.65. The Morgan fingerprint density at radius 1 is 1.07 bits per heavy atom. The van der Waals surface area contributed by atoms with Crippen LogP contribution < -0.4 is 10.1 Å². The zero-order valence-corrected chi connectivity index (χ0v) is 15.9. The van der Waals surface area contributed by atoms with E-state index in [0.29, 0.717) is 5.69 Å². The Labute approximate surface area is 157 Å². The molecule has 0 saturated carbocycles. The van der Waals surface area contributed by atoms with Crippen molar-refractivity contribution >= 4 is 27.6 Å². The molecular weight excluding hydrogens is 372 g/mol. The Bertz CT molecular complexity index is 940. The van der Waals surface area contributed by atoms with Gasteiger partial charge in [0.15, 0.2) is 6.61 Å². The number of esters is 1. The van der Waals surface area contributed by atoms with Crippen LogP contribution in [0.15, 0.2) is 53.4 Å². The number of nitrogens with zero attached hydrogens (tertiary/aromatic N) is 1. The number of ether oxygens (including phenoxy) is 2. The maximum Gasteiger partial charge on any atom is 0.341 e. The minimum atomic E-state index is -3.61. The van der Waals surface area contributed by atoms with Crippen LogP contribution in [0.2, 0.25) is 0 Å². The van der Waals surface area contributed by atoms with Crippen LogP contribution in [0.5, 0.6) is 5.75 Å². The van der Waals surface area contributed by atoms with Gasteiger partial charge in [0.25, 0.3) is 5.91 Å². The third-order valence-corrected chi connectivity index (χ3v) is 5.36. The van der Waals surface area contributed by atoms with Crippen LogP contribution in [-0.4, -0.2) is 52.4 Å². The van der Waals surface area contributed by atoms with Gasteiger partial charge in [-0.25, -0.2) is 17.5 Å². The number of para-hydroxylation sites is 1. The minimum absolute atomic E-state index is 0.0576. The predicted octanol–water partition coefficient (Wildman–Crippen LogP) is 1.74. The standard InChI is InChI=1S/C18H20N2O6S/c1-20(2)27(23,24)14-8-6-7-13(11-14)19-17(21)12-26-16-10-5-4-9-15(16)18(22)25-3/h4-11H,12H2,1-3H3,(H,19,21). The maximum absolute atomic E-state index is 12.2. The van der Waals surface area contributed by atoms with Crippen molar-refractivity contribution in [3.63, 3.8) is 0 Å². The molecule has 2 aromatic carbocycles. The number of sulfonamides is 1. The lowest BCUT2D eigenvalue weighted by atomic mass is 10.2. The molecule has 0 aliphatic rings. The average molecular weight is 392 g/mol. The Morgan fingerprint density at radius 3 is 2.44 bits per heavy atom. The summed E-state index contributed by atoms with van der Waals surface area (Å²) in [5.74, 6) is -0.870. The topological polar surface area (TPSA) is 102 Å². The number of methoxy groups -OCH3 is 1. The number of hydrogen-bond donors (Lipinski definition) is 1. The molecule has 0 spiro atoms. The summed E-state index contributed by atoms with van der Waals surface area (Å²) in [6, 6.07) is 12.3. The quantitative estimate of drug-likeness (QED) is 0.720. The average Bonchev–Trinajstić information content (AvgIpc) is 2.66. The van der Waals surface area contributed by atoms with E-state index in [-0.39, 0.29) is 22.8 Å². The van der Waals surface area contributed by atoms with E-state index in [9.17, 15) is 18.0 Å². The van der Waals surface area contributed by atoms with E-state index in [1.165, 1.54) is 45.5 Å². The SMILES string of the molecule is COC(=O)c1ccccc1OCC(=O)Nc1cccc(S(=O)(=O)N(C)C)c1. The minimum Gasteiger partial charge on any atom is -0.483 e. The summed E-state index contributed by atoms with van der Waals surface area (Å²) in [4.78, 5) is 23.9. The molecule has 0 unspecified atom stereocenters. The van der Waals surface area contributed by atoms with Crippen molar-refractivity contribution in [2.75, 3.05) is 33.1 Å². The lowest BCUT2D eigenvalue weighted by Gasteiger charge is -2.13. The fourth-order valence-corrected chi connectivity index (χ4v) is 3.10. The lowest BCUT2D eigenvalue weighted by Crippen LogP contribution is -2.23. The molecular formula is C18H20N2O6S. The number of nitrogens with one attached hydrogen (secondary N) is 1. The maximum atomic E-state index is 12.2. The zero-order valence-electron chi connectivity index (χ0n) is 15.1. The third kappa shape index (κ3) is 5.05. The van der Waals surface area contributed by atoms with Gasteiger partial charge in [-0.15, -0.1) is 0 Å². The Hall–Kier alpha value is -2.91. The van der Waals surface area contributed by atoms with Crippen LogP contribution in [0.3, 0.4) is 0 Å². The van der Waals surface area contributed by atoms with Crippen LogP contribution in [0.25, 0.3) is 0 Å². The molecule has 144 valence electrons. The molecule has 0 aliphatic carbocycles. The number of rotatable bonds is 7. The summed E-state index contributed by atoms with van der Waals surface area (Å²) < 4.78 is 35.4. The first-order chi connectivity index (χ1) is 12.8. The molecule has 0 aromatic heterocycles. The van der Waals surface area contributed by atoms with E-state index < -0.39 is 21.9 Å². The van der Waals surface area contributed by atoms with Gasteiger partial charge in [-0.1, -0.05) is 18.2 Å². The summed E-state index contributed by atoms with van der Waals surface area (Å²) in [7, 11) is 0.489. The molecule has 1 N–H and O–H groups in total. The lowest BCUT2D eigenvalue weighted by molar-refractivity contribution is -0.118. The Morgan fingerprint density at radius 2 is 1.78 bits per heavy atom. The summed E-state index contributed by atoms with van der Waals surface area (Å²) in [6.45, 7) is -0.362. The van der Waals surface area contributed by atoms with Gasteiger partial charge < -0.3 is 14.8 Å². The van der Waals surface area contributed by atoms with E-state index >= 15 is 0 Å². The van der Waals surface area contributed by atoms with Gasteiger partial charge in [0.2, 0.25) is 10.0 Å². The molecule has 0 saturated heterocycles. The van der Waals surface area contributed by atoms with Gasteiger partial charge >= 0.3 is 5.97 Å². The van der Waals surface area contributed by atoms with Crippen LogP contribution in [0, 0.1) is 0 Å². The monoisotopic (exact) mass is 392 g/mol. The molecule has 0 fully saturated rings. The van der Waals surface area contributed by atoms with Crippen molar-refractivity contribution in [1.82, 2.24) is 4.31 Å². The Kier molecular flexibility index (Phi) is 6.54. The predicted molar refractivity (Wildman–Crippen MR) is 99.2 cm³/mol. The molecule has 0 radical (unpaired) electrons. The van der Waals surface area contributed by atoms with E-state index in [4.69, 9.17) is 4.74 Å².